The first-order valence-electron chi connectivity index (χ1n) is 11.3. The van der Waals surface area contributed by atoms with Crippen molar-refractivity contribution in [1.82, 2.24) is 14.4 Å². The Labute approximate surface area is 182 Å². The van der Waals surface area contributed by atoms with Crippen LogP contribution < -0.4 is 5.56 Å². The molecule has 3 aliphatic heterocycles. The summed E-state index contributed by atoms with van der Waals surface area (Å²) < 4.78 is 1.88. The molecule has 1 aromatic carbocycles. The van der Waals surface area contributed by atoms with Gasteiger partial charge in [-0.3, -0.25) is 14.4 Å². The van der Waals surface area contributed by atoms with E-state index < -0.39 is 6.04 Å². The maximum atomic E-state index is 13.8. The Bertz CT molecular complexity index is 1090. The second-order valence-electron chi connectivity index (χ2n) is 9.68. The molecule has 3 atom stereocenters. The predicted molar refractivity (Wildman–Crippen MR) is 118 cm³/mol. The molecule has 2 amide bonds. The smallest absolute Gasteiger partial charge is 0.255 e. The van der Waals surface area contributed by atoms with Crippen molar-refractivity contribution in [3.05, 3.63) is 69.6 Å². The van der Waals surface area contributed by atoms with Gasteiger partial charge in [-0.1, -0.05) is 38.1 Å². The summed E-state index contributed by atoms with van der Waals surface area (Å²) in [6, 6.07) is 12.7. The van der Waals surface area contributed by atoms with E-state index in [9.17, 15) is 14.4 Å². The standard InChI is InChI=1S/C25H29N3O3/c1-16(2)10-22(28-15-18-6-3-4-7-20(18)24(28)30)25(31)26-12-17-11-19(14-26)21-8-5-9-23(29)27(21)13-17/h3-9,16-17,19,22H,10-15H2,1-2H3. The molecule has 1 fully saturated rings. The predicted octanol–water partition coefficient (Wildman–Crippen LogP) is 2.86. The molecule has 5 rings (SSSR count). The van der Waals surface area contributed by atoms with E-state index in [1.165, 1.54) is 0 Å². The van der Waals surface area contributed by atoms with Gasteiger partial charge in [-0.2, -0.15) is 0 Å². The van der Waals surface area contributed by atoms with E-state index in [1.54, 1.807) is 11.0 Å². The Morgan fingerprint density at radius 1 is 1.03 bits per heavy atom. The zero-order chi connectivity index (χ0) is 21.7. The average molecular weight is 420 g/mol. The van der Waals surface area contributed by atoms with Crippen molar-refractivity contribution in [1.29, 1.82) is 0 Å². The quantitative estimate of drug-likeness (QED) is 0.766. The lowest BCUT2D eigenvalue weighted by molar-refractivity contribution is -0.139. The minimum absolute atomic E-state index is 0.0382. The number of nitrogens with zero attached hydrogens (tertiary/aromatic N) is 3. The molecule has 2 bridgehead atoms. The molecule has 3 aliphatic rings. The summed E-state index contributed by atoms with van der Waals surface area (Å²) in [5, 5.41) is 0. The lowest BCUT2D eigenvalue weighted by Crippen LogP contribution is -2.55. The molecule has 6 nitrogen and oxygen atoms in total. The van der Waals surface area contributed by atoms with Gasteiger partial charge in [0.1, 0.15) is 6.04 Å². The highest BCUT2D eigenvalue weighted by molar-refractivity contribution is 6.01. The minimum atomic E-state index is -0.448. The van der Waals surface area contributed by atoms with Crippen LogP contribution >= 0.6 is 0 Å². The summed E-state index contributed by atoms with van der Waals surface area (Å²) >= 11 is 0. The fourth-order valence-corrected chi connectivity index (χ4v) is 5.62. The van der Waals surface area contributed by atoms with Crippen LogP contribution in [0.1, 0.15) is 54.2 Å². The molecule has 1 aromatic heterocycles. The van der Waals surface area contributed by atoms with Crippen molar-refractivity contribution < 1.29 is 9.59 Å². The molecule has 0 spiro atoms. The Kier molecular flexibility index (Phi) is 4.95. The van der Waals surface area contributed by atoms with Crippen LogP contribution in [0, 0.1) is 11.8 Å². The van der Waals surface area contributed by atoms with E-state index in [1.807, 2.05) is 45.9 Å². The third kappa shape index (κ3) is 3.48. The number of benzene rings is 1. The van der Waals surface area contributed by atoms with Gasteiger partial charge in [0, 0.05) is 49.4 Å². The molecular weight excluding hydrogens is 390 g/mol. The van der Waals surface area contributed by atoms with Crippen LogP contribution in [0.4, 0.5) is 0 Å². The van der Waals surface area contributed by atoms with Crippen molar-refractivity contribution in [3.63, 3.8) is 0 Å². The Balaban J connectivity index is 1.41. The van der Waals surface area contributed by atoms with Gasteiger partial charge < -0.3 is 14.4 Å². The highest BCUT2D eigenvalue weighted by Crippen LogP contribution is 2.36. The topological polar surface area (TPSA) is 62.6 Å². The largest absolute Gasteiger partial charge is 0.340 e. The van der Waals surface area contributed by atoms with Gasteiger partial charge in [0.25, 0.3) is 11.5 Å². The lowest BCUT2D eigenvalue weighted by Gasteiger charge is -2.44. The second kappa shape index (κ2) is 7.66. The molecule has 31 heavy (non-hydrogen) atoms. The van der Waals surface area contributed by atoms with Gasteiger partial charge in [0.2, 0.25) is 5.91 Å². The summed E-state index contributed by atoms with van der Waals surface area (Å²) in [5.41, 5.74) is 2.79. The van der Waals surface area contributed by atoms with Crippen molar-refractivity contribution in [2.75, 3.05) is 13.1 Å². The molecule has 4 heterocycles. The first-order valence-corrected chi connectivity index (χ1v) is 11.3. The fourth-order valence-electron chi connectivity index (χ4n) is 5.62. The number of amides is 2. The molecule has 0 aliphatic carbocycles. The van der Waals surface area contributed by atoms with Gasteiger partial charge >= 0.3 is 0 Å². The first kappa shape index (κ1) is 20.0. The van der Waals surface area contributed by atoms with Gasteiger partial charge in [0.05, 0.1) is 0 Å². The highest BCUT2D eigenvalue weighted by Gasteiger charge is 2.42. The van der Waals surface area contributed by atoms with Crippen LogP contribution in [0.3, 0.4) is 0 Å². The maximum absolute atomic E-state index is 13.8. The molecule has 2 aromatic rings. The van der Waals surface area contributed by atoms with E-state index in [0.29, 0.717) is 44.1 Å². The molecule has 0 saturated carbocycles. The van der Waals surface area contributed by atoms with Gasteiger partial charge in [0.15, 0.2) is 0 Å². The molecule has 1 saturated heterocycles. The van der Waals surface area contributed by atoms with Crippen molar-refractivity contribution >= 4 is 11.8 Å². The van der Waals surface area contributed by atoms with Crippen LogP contribution in [-0.4, -0.2) is 45.3 Å². The maximum Gasteiger partial charge on any atom is 0.255 e. The van der Waals surface area contributed by atoms with Crippen molar-refractivity contribution in [3.8, 4) is 0 Å². The molecule has 6 heteroatoms. The molecule has 162 valence electrons. The summed E-state index contributed by atoms with van der Waals surface area (Å²) in [6.45, 7) is 6.63. The number of hydrogen-bond donors (Lipinski definition) is 0. The van der Waals surface area contributed by atoms with Gasteiger partial charge in [-0.05, 0) is 42.4 Å². The van der Waals surface area contributed by atoms with Crippen molar-refractivity contribution in [2.24, 2.45) is 11.8 Å². The summed E-state index contributed by atoms with van der Waals surface area (Å²) in [7, 11) is 0. The number of piperidine rings is 1. The number of pyridine rings is 1. The number of aromatic nitrogens is 1. The number of carbonyl (C=O) groups excluding carboxylic acids is 2. The van der Waals surface area contributed by atoms with Crippen molar-refractivity contribution in [2.45, 2.75) is 51.7 Å². The van der Waals surface area contributed by atoms with E-state index in [-0.39, 0.29) is 29.2 Å². The minimum Gasteiger partial charge on any atom is -0.340 e. The summed E-state index contributed by atoms with van der Waals surface area (Å²) in [4.78, 5) is 42.9. The normalized spacial score (nSPS) is 23.0. The van der Waals surface area contributed by atoms with Crippen LogP contribution in [0.5, 0.6) is 0 Å². The molecule has 3 unspecified atom stereocenters. The van der Waals surface area contributed by atoms with E-state index in [4.69, 9.17) is 0 Å². The van der Waals surface area contributed by atoms with E-state index in [0.717, 1.165) is 17.7 Å². The summed E-state index contributed by atoms with van der Waals surface area (Å²) in [5.74, 6) is 0.770. The number of carbonyl (C=O) groups is 2. The zero-order valence-corrected chi connectivity index (χ0v) is 18.2. The number of hydrogen-bond acceptors (Lipinski definition) is 3. The zero-order valence-electron chi connectivity index (χ0n) is 18.2. The molecular formula is C25H29N3O3. The number of fused-ring (bicyclic) bond motifs is 5. The molecule has 0 radical (unpaired) electrons. The lowest BCUT2D eigenvalue weighted by atomic mass is 9.82. The van der Waals surface area contributed by atoms with Crippen LogP contribution in [0.15, 0.2) is 47.3 Å². The highest BCUT2D eigenvalue weighted by atomic mass is 16.2. The van der Waals surface area contributed by atoms with Crippen LogP contribution in [0.2, 0.25) is 0 Å². The monoisotopic (exact) mass is 419 g/mol. The van der Waals surface area contributed by atoms with Gasteiger partial charge in [-0.15, -0.1) is 0 Å². The van der Waals surface area contributed by atoms with Crippen LogP contribution in [-0.2, 0) is 17.9 Å². The van der Waals surface area contributed by atoms with Gasteiger partial charge in [-0.25, -0.2) is 0 Å². The number of likely N-dealkylation sites (tertiary alicyclic amines) is 1. The third-order valence-electron chi connectivity index (χ3n) is 7.00. The Hall–Kier alpha value is -2.89. The Morgan fingerprint density at radius 3 is 2.61 bits per heavy atom. The van der Waals surface area contributed by atoms with E-state index in [2.05, 4.69) is 13.8 Å². The SMILES string of the molecule is CC(C)CC(C(=O)N1CC2CC(C1)c1cccc(=O)n1C2)N1Cc2ccccc2C1=O. The fraction of sp³-hybridized carbons (Fsp3) is 0.480. The molecule has 0 N–H and O–H groups in total. The average Bonchev–Trinajstić information content (AvgIpc) is 3.08. The van der Waals surface area contributed by atoms with E-state index >= 15 is 0 Å². The van der Waals surface area contributed by atoms with Crippen LogP contribution in [0.25, 0.3) is 0 Å². The third-order valence-corrected chi connectivity index (χ3v) is 7.00. The Morgan fingerprint density at radius 2 is 1.84 bits per heavy atom. The number of rotatable bonds is 4. The first-order chi connectivity index (χ1) is 14.9. The second-order valence-corrected chi connectivity index (χ2v) is 9.68. The summed E-state index contributed by atoms with van der Waals surface area (Å²) in [6.07, 6.45) is 1.66.